The molecule has 0 spiro atoms. The fourth-order valence-corrected chi connectivity index (χ4v) is 1.52. The van der Waals surface area contributed by atoms with E-state index in [4.69, 9.17) is 9.47 Å². The molecule has 0 saturated carbocycles. The minimum atomic E-state index is -0.231. The van der Waals surface area contributed by atoms with Crippen LogP contribution in [0.1, 0.15) is 5.56 Å². The molecule has 4 heteroatoms. The van der Waals surface area contributed by atoms with E-state index in [1.807, 2.05) is 24.3 Å². The highest BCUT2D eigenvalue weighted by Gasteiger charge is 2.21. The lowest BCUT2D eigenvalue weighted by molar-refractivity contribution is 0.157. The van der Waals surface area contributed by atoms with Crippen molar-refractivity contribution in [1.29, 1.82) is 0 Å². The van der Waals surface area contributed by atoms with Crippen LogP contribution in [0.3, 0.4) is 0 Å². The smallest absolute Gasteiger partial charge is 0.410 e. The molecule has 1 fully saturated rings. The molecule has 0 unspecified atom stereocenters. The first kappa shape index (κ1) is 9.83. The Morgan fingerprint density at radius 3 is 2.67 bits per heavy atom. The Hall–Kier alpha value is -1.71. The average Bonchev–Trinajstić information content (AvgIpc) is 2.66. The van der Waals surface area contributed by atoms with Crippen molar-refractivity contribution in [2.24, 2.45) is 0 Å². The zero-order chi connectivity index (χ0) is 10.7. The summed E-state index contributed by atoms with van der Waals surface area (Å²) in [5, 5.41) is 0. The SMILES string of the molecule is COc1ccc(CN2CCOC2=O)cc1. The summed E-state index contributed by atoms with van der Waals surface area (Å²) in [5.41, 5.74) is 1.08. The van der Waals surface area contributed by atoms with Gasteiger partial charge in [0.25, 0.3) is 0 Å². The number of carbonyl (C=O) groups excluding carboxylic acids is 1. The number of nitrogens with zero attached hydrogens (tertiary/aromatic N) is 1. The molecule has 0 N–H and O–H groups in total. The van der Waals surface area contributed by atoms with Crippen LogP contribution in [0.2, 0.25) is 0 Å². The highest BCUT2D eigenvalue weighted by molar-refractivity contribution is 5.69. The number of cyclic esters (lactones) is 1. The van der Waals surface area contributed by atoms with E-state index in [2.05, 4.69) is 0 Å². The van der Waals surface area contributed by atoms with Gasteiger partial charge in [-0.3, -0.25) is 0 Å². The number of benzene rings is 1. The fraction of sp³-hybridized carbons (Fsp3) is 0.364. The summed E-state index contributed by atoms with van der Waals surface area (Å²) < 4.78 is 9.90. The van der Waals surface area contributed by atoms with Crippen LogP contribution in [0, 0.1) is 0 Å². The number of rotatable bonds is 3. The molecule has 1 aromatic carbocycles. The quantitative estimate of drug-likeness (QED) is 0.756. The van der Waals surface area contributed by atoms with Gasteiger partial charge in [-0.2, -0.15) is 0 Å². The van der Waals surface area contributed by atoms with Crippen LogP contribution in [0.25, 0.3) is 0 Å². The van der Waals surface area contributed by atoms with Crippen molar-refractivity contribution in [2.45, 2.75) is 6.54 Å². The number of carbonyl (C=O) groups is 1. The Balaban J connectivity index is 2.01. The highest BCUT2D eigenvalue weighted by Crippen LogP contribution is 2.14. The number of hydrogen-bond acceptors (Lipinski definition) is 3. The Labute approximate surface area is 88.4 Å². The summed E-state index contributed by atoms with van der Waals surface area (Å²) in [6, 6.07) is 7.67. The van der Waals surface area contributed by atoms with Crippen LogP contribution in [0.15, 0.2) is 24.3 Å². The van der Waals surface area contributed by atoms with E-state index < -0.39 is 0 Å². The molecule has 0 atom stereocenters. The summed E-state index contributed by atoms with van der Waals surface area (Å²) in [6.07, 6.45) is -0.231. The van der Waals surface area contributed by atoms with Crippen molar-refractivity contribution in [3.63, 3.8) is 0 Å². The molecule has 1 saturated heterocycles. The Morgan fingerprint density at radius 2 is 2.13 bits per heavy atom. The molecule has 1 aliphatic rings. The van der Waals surface area contributed by atoms with Crippen molar-refractivity contribution < 1.29 is 14.3 Å². The van der Waals surface area contributed by atoms with Crippen molar-refractivity contribution in [3.05, 3.63) is 29.8 Å². The molecule has 1 amide bonds. The van der Waals surface area contributed by atoms with Gasteiger partial charge in [-0.05, 0) is 17.7 Å². The lowest BCUT2D eigenvalue weighted by Crippen LogP contribution is -2.23. The molecule has 80 valence electrons. The lowest BCUT2D eigenvalue weighted by Gasteiger charge is -2.12. The molecular weight excluding hydrogens is 194 g/mol. The van der Waals surface area contributed by atoms with Crippen LogP contribution in [0.5, 0.6) is 5.75 Å². The molecule has 2 rings (SSSR count). The van der Waals surface area contributed by atoms with Gasteiger partial charge in [0.15, 0.2) is 0 Å². The monoisotopic (exact) mass is 207 g/mol. The van der Waals surface area contributed by atoms with Gasteiger partial charge < -0.3 is 14.4 Å². The van der Waals surface area contributed by atoms with Crippen molar-refractivity contribution in [3.8, 4) is 5.75 Å². The summed E-state index contributed by atoms with van der Waals surface area (Å²) in [5.74, 6) is 0.822. The summed E-state index contributed by atoms with van der Waals surface area (Å²) >= 11 is 0. The van der Waals surface area contributed by atoms with Crippen LogP contribution in [0.4, 0.5) is 4.79 Å². The normalized spacial score (nSPS) is 15.3. The van der Waals surface area contributed by atoms with Crippen LogP contribution in [-0.4, -0.2) is 31.3 Å². The molecule has 0 aliphatic carbocycles. The Bertz CT molecular complexity index is 347. The average molecular weight is 207 g/mol. The Kier molecular flexibility index (Phi) is 2.76. The third kappa shape index (κ3) is 2.21. The van der Waals surface area contributed by atoms with E-state index >= 15 is 0 Å². The second kappa shape index (κ2) is 4.21. The van der Waals surface area contributed by atoms with E-state index in [9.17, 15) is 4.79 Å². The second-order valence-electron chi connectivity index (χ2n) is 3.38. The van der Waals surface area contributed by atoms with Crippen molar-refractivity contribution in [2.75, 3.05) is 20.3 Å². The van der Waals surface area contributed by atoms with Gasteiger partial charge in [0, 0.05) is 6.54 Å². The number of amides is 1. The number of ether oxygens (including phenoxy) is 2. The molecule has 0 radical (unpaired) electrons. The standard InChI is InChI=1S/C11H13NO3/c1-14-10-4-2-9(3-5-10)8-12-6-7-15-11(12)13/h2-5H,6-8H2,1H3. The Morgan fingerprint density at radius 1 is 1.40 bits per heavy atom. The lowest BCUT2D eigenvalue weighted by atomic mass is 10.2. The number of methoxy groups -OCH3 is 1. The minimum absolute atomic E-state index is 0.231. The van der Waals surface area contributed by atoms with Gasteiger partial charge in [0.2, 0.25) is 0 Å². The molecule has 15 heavy (non-hydrogen) atoms. The van der Waals surface area contributed by atoms with Crippen LogP contribution >= 0.6 is 0 Å². The summed E-state index contributed by atoms with van der Waals surface area (Å²) in [6.45, 7) is 1.77. The molecule has 4 nitrogen and oxygen atoms in total. The zero-order valence-corrected chi connectivity index (χ0v) is 8.60. The van der Waals surface area contributed by atoms with Crippen molar-refractivity contribution >= 4 is 6.09 Å². The van der Waals surface area contributed by atoms with Gasteiger partial charge in [0.1, 0.15) is 12.4 Å². The predicted molar refractivity (Wildman–Crippen MR) is 54.8 cm³/mol. The second-order valence-corrected chi connectivity index (χ2v) is 3.38. The first-order valence-corrected chi connectivity index (χ1v) is 4.84. The molecule has 0 aromatic heterocycles. The third-order valence-electron chi connectivity index (χ3n) is 2.38. The van der Waals surface area contributed by atoms with Gasteiger partial charge >= 0.3 is 6.09 Å². The molecule has 1 aliphatic heterocycles. The van der Waals surface area contributed by atoms with Gasteiger partial charge in [0.05, 0.1) is 13.7 Å². The first-order chi connectivity index (χ1) is 7.29. The van der Waals surface area contributed by atoms with E-state index in [0.717, 1.165) is 11.3 Å². The topological polar surface area (TPSA) is 38.8 Å². The van der Waals surface area contributed by atoms with Gasteiger partial charge in [-0.15, -0.1) is 0 Å². The maximum atomic E-state index is 11.2. The van der Waals surface area contributed by atoms with Crippen LogP contribution in [-0.2, 0) is 11.3 Å². The third-order valence-corrected chi connectivity index (χ3v) is 2.38. The van der Waals surface area contributed by atoms with Gasteiger partial charge in [-0.25, -0.2) is 4.79 Å². The maximum Gasteiger partial charge on any atom is 0.410 e. The largest absolute Gasteiger partial charge is 0.497 e. The van der Waals surface area contributed by atoms with E-state index in [-0.39, 0.29) is 6.09 Å². The zero-order valence-electron chi connectivity index (χ0n) is 8.60. The molecule has 1 aromatic rings. The number of hydrogen-bond donors (Lipinski definition) is 0. The highest BCUT2D eigenvalue weighted by atomic mass is 16.6. The molecule has 1 heterocycles. The minimum Gasteiger partial charge on any atom is -0.497 e. The first-order valence-electron chi connectivity index (χ1n) is 4.84. The van der Waals surface area contributed by atoms with E-state index in [0.29, 0.717) is 19.7 Å². The predicted octanol–water partition coefficient (Wildman–Crippen LogP) is 1.65. The maximum absolute atomic E-state index is 11.2. The summed E-state index contributed by atoms with van der Waals surface area (Å²) in [7, 11) is 1.63. The van der Waals surface area contributed by atoms with Crippen LogP contribution < -0.4 is 4.74 Å². The van der Waals surface area contributed by atoms with Crippen molar-refractivity contribution in [1.82, 2.24) is 4.90 Å². The van der Waals surface area contributed by atoms with E-state index in [1.165, 1.54) is 0 Å². The molecule has 0 bridgehead atoms. The van der Waals surface area contributed by atoms with Gasteiger partial charge in [-0.1, -0.05) is 12.1 Å². The molecular formula is C11H13NO3. The summed E-state index contributed by atoms with van der Waals surface area (Å²) in [4.78, 5) is 12.9. The van der Waals surface area contributed by atoms with E-state index in [1.54, 1.807) is 12.0 Å². The fourth-order valence-electron chi connectivity index (χ4n) is 1.52.